The first-order valence-electron chi connectivity index (χ1n) is 4.74. The molecule has 16 heavy (non-hydrogen) atoms. The van der Waals surface area contributed by atoms with Gasteiger partial charge in [-0.3, -0.25) is 4.79 Å². The Morgan fingerprint density at radius 2 is 0.938 bits per heavy atom. The molecule has 5 nitrogen and oxygen atoms in total. The van der Waals surface area contributed by atoms with Crippen molar-refractivity contribution in [3.05, 3.63) is 5.21 Å². The Morgan fingerprint density at radius 3 is 0.938 bits per heavy atom. The van der Waals surface area contributed by atoms with Crippen molar-refractivity contribution >= 4 is 5.91 Å². The van der Waals surface area contributed by atoms with Crippen LogP contribution in [-0.4, -0.2) is 71.3 Å². The third kappa shape index (κ3) is 680. The van der Waals surface area contributed by atoms with Crippen molar-refractivity contribution in [2.24, 2.45) is 0 Å². The number of hydrogen-bond acceptors (Lipinski definition) is 2. The summed E-state index contributed by atoms with van der Waals surface area (Å²) in [7, 11) is 17.0. The Kier molecular flexibility index (Phi) is 17.6. The van der Waals surface area contributed by atoms with Crippen LogP contribution in [0.1, 0.15) is 6.92 Å². The number of amides is 1. The monoisotopic (exact) mass is 301 g/mol. The summed E-state index contributed by atoms with van der Waals surface area (Å²) in [6, 6.07) is 0. The van der Waals surface area contributed by atoms with Gasteiger partial charge in [0.25, 0.3) is 0 Å². The second-order valence-corrected chi connectivity index (χ2v) is 6.02. The molecule has 0 unspecified atom stereocenters. The number of carbonyl (C=O) groups excluding carboxylic acids is 1. The predicted molar refractivity (Wildman–Crippen MR) is 65.1 cm³/mol. The maximum Gasteiger partial charge on any atom is 0.206 e. The molecule has 6 heteroatoms. The maximum absolute atomic E-state index is 9.39. The van der Waals surface area contributed by atoms with Gasteiger partial charge in [0, 0.05) is 6.92 Å². The van der Waals surface area contributed by atoms with E-state index >= 15 is 0 Å². The lowest BCUT2D eigenvalue weighted by molar-refractivity contribution is -0.849. The van der Waals surface area contributed by atoms with Crippen molar-refractivity contribution in [2.45, 2.75) is 6.92 Å². The molecular formula is C10H28BrN3O2. The van der Waals surface area contributed by atoms with E-state index in [4.69, 9.17) is 5.21 Å². The van der Waals surface area contributed by atoms with Crippen molar-refractivity contribution < 1.29 is 30.7 Å². The summed E-state index contributed by atoms with van der Waals surface area (Å²) in [5.41, 5.74) is 1.14. The molecule has 0 aliphatic rings. The fraction of sp³-hybridized carbons (Fsp3) is 0.900. The summed E-state index contributed by atoms with van der Waals surface area (Å²) in [6.45, 7) is 1.16. The molecule has 0 spiro atoms. The first-order valence-corrected chi connectivity index (χ1v) is 4.74. The normalized spacial score (nSPS) is 9.62. The highest BCUT2D eigenvalue weighted by molar-refractivity contribution is 5.73. The molecule has 0 saturated carbocycles. The number of hydroxylamine groups is 1. The summed E-state index contributed by atoms with van der Waals surface area (Å²) in [6.07, 6.45) is 0. The third-order valence-electron chi connectivity index (χ3n) is 0.144. The Morgan fingerprint density at radius 1 is 0.875 bits per heavy atom. The molecule has 102 valence electrons. The van der Waals surface area contributed by atoms with E-state index in [9.17, 15) is 4.79 Å². The van der Waals surface area contributed by atoms with Crippen molar-refractivity contribution in [1.82, 2.24) is 5.48 Å². The minimum atomic E-state index is -0.551. The molecule has 0 rings (SSSR count). The fourth-order valence-corrected chi connectivity index (χ4v) is 0. The molecule has 0 aromatic heterocycles. The van der Waals surface area contributed by atoms with Gasteiger partial charge < -0.3 is 36.6 Å². The molecule has 1 N–H and O–H groups in total. The van der Waals surface area contributed by atoms with E-state index in [0.717, 1.165) is 21.4 Å². The summed E-state index contributed by atoms with van der Waals surface area (Å²) in [5.74, 6) is -0.551. The van der Waals surface area contributed by atoms with E-state index in [1.165, 1.54) is 0 Å². The smallest absolute Gasteiger partial charge is 0.206 e. The van der Waals surface area contributed by atoms with Crippen molar-refractivity contribution in [3.63, 3.8) is 0 Å². The van der Waals surface area contributed by atoms with Crippen LogP contribution in [0.2, 0.25) is 0 Å². The van der Waals surface area contributed by atoms with Gasteiger partial charge in [0.05, 0.1) is 56.4 Å². The Bertz CT molecular complexity index is 138. The highest BCUT2D eigenvalue weighted by atomic mass is 79.9. The van der Waals surface area contributed by atoms with Crippen LogP contribution < -0.4 is 22.5 Å². The summed E-state index contributed by atoms with van der Waals surface area (Å²) >= 11 is 0. The van der Waals surface area contributed by atoms with Gasteiger partial charge in [0.15, 0.2) is 0 Å². The lowest BCUT2D eigenvalue weighted by Gasteiger charge is -2.14. The average Bonchev–Trinajstić information content (AvgIpc) is 1.79. The number of halogens is 1. The molecule has 0 heterocycles. The number of nitrogens with zero attached hydrogens (tertiary/aromatic N) is 2. The highest BCUT2D eigenvalue weighted by Crippen LogP contribution is 1.74. The molecule has 0 saturated heterocycles. The number of carbonyl (C=O) groups is 1. The van der Waals surface area contributed by atoms with Gasteiger partial charge >= 0.3 is 0 Å². The van der Waals surface area contributed by atoms with E-state index in [1.54, 1.807) is 0 Å². The van der Waals surface area contributed by atoms with Crippen LogP contribution in [-0.2, 0) is 4.79 Å². The molecule has 0 aliphatic heterocycles. The quantitative estimate of drug-likeness (QED) is 0.390. The second-order valence-electron chi connectivity index (χ2n) is 6.02. The van der Waals surface area contributed by atoms with Gasteiger partial charge in [-0.2, -0.15) is 0 Å². The lowest BCUT2D eigenvalue weighted by Crippen LogP contribution is -3.00. The standard InChI is InChI=1S/2C4H12N.C2H4NO2.BrH/c2*1-5(2,3)4;1-2(4)3-5;/h2*1-4H3;1H3,(H-,3,4,5);1H/q2*+1;-1;/p-1. The van der Waals surface area contributed by atoms with E-state index in [1.807, 2.05) is 0 Å². The zero-order chi connectivity index (χ0) is 13.3. The first-order chi connectivity index (χ1) is 6.27. The second kappa shape index (κ2) is 11.3. The van der Waals surface area contributed by atoms with Gasteiger partial charge in [-0.25, -0.2) is 0 Å². The van der Waals surface area contributed by atoms with Crippen molar-refractivity contribution in [1.29, 1.82) is 0 Å². The number of rotatable bonds is 0. The maximum atomic E-state index is 9.39. The first kappa shape index (κ1) is 24.9. The van der Waals surface area contributed by atoms with Gasteiger partial charge in [0.2, 0.25) is 5.91 Å². The lowest BCUT2D eigenvalue weighted by atomic mass is 10.8. The zero-order valence-electron chi connectivity index (χ0n) is 12.1. The van der Waals surface area contributed by atoms with E-state index in [2.05, 4.69) is 56.4 Å². The minimum absolute atomic E-state index is 0. The molecule has 0 aliphatic carbocycles. The van der Waals surface area contributed by atoms with Crippen LogP contribution in [0.5, 0.6) is 0 Å². The van der Waals surface area contributed by atoms with Crippen LogP contribution in [0.25, 0.3) is 0 Å². The molecule has 0 bridgehead atoms. The van der Waals surface area contributed by atoms with Crippen LogP contribution in [0.3, 0.4) is 0 Å². The number of hydrogen-bond donors (Lipinski definition) is 1. The molecule has 0 aromatic carbocycles. The molecule has 0 aromatic rings. The van der Waals surface area contributed by atoms with Gasteiger partial charge in [0.1, 0.15) is 0 Å². The van der Waals surface area contributed by atoms with Crippen LogP contribution in [0.15, 0.2) is 0 Å². The van der Waals surface area contributed by atoms with Crippen LogP contribution >= 0.6 is 0 Å². The third-order valence-corrected chi connectivity index (χ3v) is 0.144. The van der Waals surface area contributed by atoms with Gasteiger partial charge in [-0.1, -0.05) is 0 Å². The van der Waals surface area contributed by atoms with Crippen molar-refractivity contribution in [2.75, 3.05) is 56.4 Å². The summed E-state index contributed by atoms with van der Waals surface area (Å²) in [4.78, 5) is 9.39. The molecule has 1 amide bonds. The molecule has 0 fully saturated rings. The molecular weight excluding hydrogens is 274 g/mol. The Hall–Kier alpha value is -0.170. The number of nitrogens with one attached hydrogen (secondary N) is 1. The molecule has 0 atom stereocenters. The fourth-order valence-electron chi connectivity index (χ4n) is 0. The van der Waals surface area contributed by atoms with Gasteiger partial charge in [-0.15, -0.1) is 0 Å². The highest BCUT2D eigenvalue weighted by Gasteiger charge is 1.88. The topological polar surface area (TPSA) is 52.2 Å². The van der Waals surface area contributed by atoms with E-state index in [-0.39, 0.29) is 17.0 Å². The predicted octanol–water partition coefficient (Wildman–Crippen LogP) is -2.73. The molecule has 0 radical (unpaired) electrons. The van der Waals surface area contributed by atoms with E-state index in [0.29, 0.717) is 0 Å². The summed E-state index contributed by atoms with van der Waals surface area (Å²) in [5, 5.41) is 9.03. The van der Waals surface area contributed by atoms with Crippen molar-refractivity contribution in [3.8, 4) is 0 Å². The zero-order valence-corrected chi connectivity index (χ0v) is 13.7. The van der Waals surface area contributed by atoms with Gasteiger partial charge in [-0.05, 0) is 0 Å². The summed E-state index contributed by atoms with van der Waals surface area (Å²) < 4.78 is 2.00. The largest absolute Gasteiger partial charge is 1.00 e. The Balaban J connectivity index is -0.0000000655. The Labute approximate surface area is 111 Å². The van der Waals surface area contributed by atoms with Crippen LogP contribution in [0.4, 0.5) is 0 Å². The number of quaternary nitrogens is 2. The van der Waals surface area contributed by atoms with E-state index < -0.39 is 5.91 Å². The SMILES string of the molecule is CC(=O)N[O-].C[N+](C)(C)C.C[N+](C)(C)C.[Br-]. The average molecular weight is 302 g/mol. The minimum Gasteiger partial charge on any atom is -1.00 e. The van der Waals surface area contributed by atoms with Crippen LogP contribution in [0, 0.1) is 5.21 Å².